The van der Waals surface area contributed by atoms with Crippen LogP contribution in [0.4, 0.5) is 0 Å². The van der Waals surface area contributed by atoms with E-state index < -0.39 is 11.5 Å². The van der Waals surface area contributed by atoms with Gasteiger partial charge >= 0.3 is 0 Å². The minimum atomic E-state index is -0.598. The van der Waals surface area contributed by atoms with Crippen LogP contribution in [0.25, 0.3) is 0 Å². The third kappa shape index (κ3) is 1.48. The number of hydrogen-bond acceptors (Lipinski definition) is 4. The van der Waals surface area contributed by atoms with E-state index in [1.54, 1.807) is 0 Å². The first-order chi connectivity index (χ1) is 6.69. The second kappa shape index (κ2) is 3.81. The Bertz CT molecular complexity index is 213. The van der Waals surface area contributed by atoms with E-state index in [1.165, 1.54) is 0 Å². The standard InChI is InChI=1S/C9H17BO4/c10-6-1-2-9(3-11)4-13-5-14-7(6)8(9)12/h6-8,11-12H,1-5,10H2/t6-,7?,8?,9-/m1/s1. The van der Waals surface area contributed by atoms with Crippen LogP contribution in [0.3, 0.4) is 0 Å². The van der Waals surface area contributed by atoms with Crippen LogP contribution in [-0.2, 0) is 9.47 Å². The van der Waals surface area contributed by atoms with Gasteiger partial charge in [0.05, 0.1) is 25.4 Å². The van der Waals surface area contributed by atoms with Gasteiger partial charge in [-0.3, -0.25) is 0 Å². The number of aliphatic hydroxyl groups excluding tert-OH is 2. The number of ether oxygens (including phenoxy) is 2. The van der Waals surface area contributed by atoms with Gasteiger partial charge in [-0.2, -0.15) is 0 Å². The molecule has 2 rings (SSSR count). The summed E-state index contributed by atoms with van der Waals surface area (Å²) in [5.41, 5.74) is -0.492. The molecule has 14 heavy (non-hydrogen) atoms. The lowest BCUT2D eigenvalue weighted by atomic mass is 9.62. The normalized spacial score (nSPS) is 48.6. The van der Waals surface area contributed by atoms with Crippen LogP contribution < -0.4 is 0 Å². The van der Waals surface area contributed by atoms with E-state index in [1.807, 2.05) is 0 Å². The molecule has 1 saturated heterocycles. The van der Waals surface area contributed by atoms with Gasteiger partial charge in [-0.05, 0) is 12.2 Å². The molecule has 0 spiro atoms. The lowest BCUT2D eigenvalue weighted by Crippen LogP contribution is -2.52. The molecule has 1 heterocycles. The van der Waals surface area contributed by atoms with Gasteiger partial charge in [0.2, 0.25) is 0 Å². The largest absolute Gasteiger partial charge is 0.396 e. The summed E-state index contributed by atoms with van der Waals surface area (Å²) >= 11 is 0. The Balaban J connectivity index is 2.23. The van der Waals surface area contributed by atoms with Crippen LogP contribution in [-0.4, -0.2) is 50.3 Å². The minimum absolute atomic E-state index is 0.0270. The molecule has 2 aliphatic rings. The van der Waals surface area contributed by atoms with E-state index in [0.29, 0.717) is 12.4 Å². The lowest BCUT2D eigenvalue weighted by Gasteiger charge is -2.44. The molecule has 80 valence electrons. The van der Waals surface area contributed by atoms with Crippen LogP contribution in [0.5, 0.6) is 0 Å². The van der Waals surface area contributed by atoms with E-state index in [4.69, 9.17) is 9.47 Å². The maximum absolute atomic E-state index is 10.1. The highest BCUT2D eigenvalue weighted by molar-refractivity contribution is 6.12. The molecule has 0 aromatic rings. The Morgan fingerprint density at radius 2 is 2.29 bits per heavy atom. The highest BCUT2D eigenvalue weighted by Crippen LogP contribution is 2.43. The van der Waals surface area contributed by atoms with Crippen molar-refractivity contribution in [3.63, 3.8) is 0 Å². The fourth-order valence-electron chi connectivity index (χ4n) is 2.49. The molecule has 0 amide bonds. The monoisotopic (exact) mass is 200 g/mol. The molecule has 4 atom stereocenters. The first-order valence-electron chi connectivity index (χ1n) is 5.18. The van der Waals surface area contributed by atoms with Crippen molar-refractivity contribution in [2.75, 3.05) is 20.0 Å². The minimum Gasteiger partial charge on any atom is -0.396 e. The highest BCUT2D eigenvalue weighted by Gasteiger charge is 2.49. The second-order valence-electron chi connectivity index (χ2n) is 4.58. The summed E-state index contributed by atoms with van der Waals surface area (Å²) in [5.74, 6) is 0.339. The molecule has 1 aliphatic heterocycles. The Morgan fingerprint density at radius 1 is 1.50 bits per heavy atom. The molecule has 2 bridgehead atoms. The van der Waals surface area contributed by atoms with Crippen molar-refractivity contribution < 1.29 is 19.7 Å². The van der Waals surface area contributed by atoms with Crippen molar-refractivity contribution in [3.8, 4) is 0 Å². The average Bonchev–Trinajstić information content (AvgIpc) is 2.29. The lowest BCUT2D eigenvalue weighted by molar-refractivity contribution is -0.117. The molecule has 0 radical (unpaired) electrons. The van der Waals surface area contributed by atoms with Gasteiger partial charge in [0, 0.05) is 5.41 Å². The molecular weight excluding hydrogens is 183 g/mol. The van der Waals surface area contributed by atoms with Gasteiger partial charge < -0.3 is 19.7 Å². The van der Waals surface area contributed by atoms with E-state index in [2.05, 4.69) is 7.85 Å². The van der Waals surface area contributed by atoms with Crippen molar-refractivity contribution in [1.82, 2.24) is 0 Å². The van der Waals surface area contributed by atoms with Gasteiger partial charge in [-0.15, -0.1) is 0 Å². The van der Waals surface area contributed by atoms with Crippen molar-refractivity contribution in [2.24, 2.45) is 5.41 Å². The molecule has 5 heteroatoms. The fraction of sp³-hybridized carbons (Fsp3) is 1.00. The number of hydrogen-bond donors (Lipinski definition) is 2. The van der Waals surface area contributed by atoms with Crippen molar-refractivity contribution in [2.45, 2.75) is 30.9 Å². The molecule has 0 aromatic heterocycles. The summed E-state index contributed by atoms with van der Waals surface area (Å²) in [6, 6.07) is 0. The molecule has 2 N–H and O–H groups in total. The Kier molecular flexibility index (Phi) is 2.84. The van der Waals surface area contributed by atoms with Crippen molar-refractivity contribution >= 4 is 7.85 Å². The Morgan fingerprint density at radius 3 is 3.00 bits per heavy atom. The zero-order valence-corrected chi connectivity index (χ0v) is 8.48. The molecule has 1 saturated carbocycles. The zero-order chi connectivity index (χ0) is 10.2. The zero-order valence-electron chi connectivity index (χ0n) is 8.48. The van der Waals surface area contributed by atoms with Crippen LogP contribution in [0, 0.1) is 5.41 Å². The summed E-state index contributed by atoms with van der Waals surface area (Å²) in [6.45, 7) is 0.600. The summed E-state index contributed by atoms with van der Waals surface area (Å²) in [5, 5.41) is 19.5. The number of rotatable bonds is 1. The maximum atomic E-state index is 10.1. The maximum Gasteiger partial charge on any atom is 0.147 e. The van der Waals surface area contributed by atoms with Crippen molar-refractivity contribution in [1.29, 1.82) is 0 Å². The van der Waals surface area contributed by atoms with Crippen molar-refractivity contribution in [3.05, 3.63) is 0 Å². The van der Waals surface area contributed by atoms with Crippen LogP contribution in [0.2, 0.25) is 5.82 Å². The SMILES string of the molecule is B[C@@H]1CC[C@@]2(CO)COCOC1C2O. The van der Waals surface area contributed by atoms with Gasteiger partial charge in [0.1, 0.15) is 14.6 Å². The van der Waals surface area contributed by atoms with Crippen LogP contribution >= 0.6 is 0 Å². The van der Waals surface area contributed by atoms with E-state index in [0.717, 1.165) is 12.8 Å². The smallest absolute Gasteiger partial charge is 0.147 e. The molecule has 0 aromatic carbocycles. The highest BCUT2D eigenvalue weighted by atomic mass is 16.7. The Hall–Kier alpha value is -0.0951. The van der Waals surface area contributed by atoms with Gasteiger partial charge in [-0.25, -0.2) is 0 Å². The van der Waals surface area contributed by atoms with Gasteiger partial charge in [-0.1, -0.05) is 6.42 Å². The van der Waals surface area contributed by atoms with Gasteiger partial charge in [0.15, 0.2) is 0 Å². The average molecular weight is 200 g/mol. The summed E-state index contributed by atoms with van der Waals surface area (Å²) in [7, 11) is 2.07. The van der Waals surface area contributed by atoms with E-state index in [-0.39, 0.29) is 19.5 Å². The van der Waals surface area contributed by atoms with Gasteiger partial charge in [0.25, 0.3) is 0 Å². The topological polar surface area (TPSA) is 58.9 Å². The summed E-state index contributed by atoms with van der Waals surface area (Å²) in [6.07, 6.45) is 1.01. The summed E-state index contributed by atoms with van der Waals surface area (Å²) in [4.78, 5) is 0. The van der Waals surface area contributed by atoms with Crippen LogP contribution in [0.15, 0.2) is 0 Å². The fourth-order valence-corrected chi connectivity index (χ4v) is 2.49. The predicted molar refractivity (Wildman–Crippen MR) is 52.7 cm³/mol. The first kappa shape index (κ1) is 10.4. The third-order valence-corrected chi connectivity index (χ3v) is 3.65. The second-order valence-corrected chi connectivity index (χ2v) is 4.58. The molecule has 2 fully saturated rings. The third-order valence-electron chi connectivity index (χ3n) is 3.65. The van der Waals surface area contributed by atoms with E-state index >= 15 is 0 Å². The Labute approximate surface area is 84.6 Å². The van der Waals surface area contributed by atoms with Crippen LogP contribution in [0.1, 0.15) is 12.8 Å². The first-order valence-corrected chi connectivity index (χ1v) is 5.18. The number of aliphatic hydroxyl groups is 2. The molecule has 1 aliphatic carbocycles. The number of fused-ring (bicyclic) bond motifs is 2. The molecule has 4 nitrogen and oxygen atoms in total. The van der Waals surface area contributed by atoms with E-state index in [9.17, 15) is 10.2 Å². The molecular formula is C9H17BO4. The summed E-state index contributed by atoms with van der Waals surface area (Å²) < 4.78 is 10.7. The molecule has 2 unspecified atom stereocenters. The quantitative estimate of drug-likeness (QED) is 0.528. The predicted octanol–water partition coefficient (Wildman–Crippen LogP) is -1.09.